The normalized spacial score (nSPS) is 16.2. The Labute approximate surface area is 276 Å². The van der Waals surface area contributed by atoms with Crippen LogP contribution in [0.15, 0.2) is 66.2 Å². The maximum Gasteiger partial charge on any atom is 0.252 e. The van der Waals surface area contributed by atoms with Gasteiger partial charge in [0, 0.05) is 36.7 Å². The van der Waals surface area contributed by atoms with Gasteiger partial charge >= 0.3 is 0 Å². The maximum atomic E-state index is 14.4. The molecule has 46 heavy (non-hydrogen) atoms. The smallest absolute Gasteiger partial charge is 0.252 e. The van der Waals surface area contributed by atoms with Gasteiger partial charge in [-0.3, -0.25) is 9.59 Å². The van der Waals surface area contributed by atoms with E-state index in [4.69, 9.17) is 21.1 Å². The molecule has 8 nitrogen and oxygen atoms in total. The second-order valence-corrected chi connectivity index (χ2v) is 12.4. The van der Waals surface area contributed by atoms with Crippen LogP contribution in [0.1, 0.15) is 53.5 Å². The first-order valence-electron chi connectivity index (χ1n) is 16.1. The number of amides is 2. The lowest BCUT2D eigenvalue weighted by Gasteiger charge is -2.33. The van der Waals surface area contributed by atoms with Crippen molar-refractivity contribution in [2.24, 2.45) is 0 Å². The predicted octanol–water partition coefficient (Wildman–Crippen LogP) is 5.39. The summed E-state index contributed by atoms with van der Waals surface area (Å²) in [5.74, 6) is 1.51. The zero-order valence-electron chi connectivity index (χ0n) is 26.9. The molecular formula is C37H44ClN3O5. The van der Waals surface area contributed by atoms with Crippen molar-refractivity contribution in [3.63, 3.8) is 0 Å². The van der Waals surface area contributed by atoms with Crippen LogP contribution in [0.2, 0.25) is 5.02 Å². The number of carbonyl (C=O) groups excluding carboxylic acids is 2. The third-order valence-electron chi connectivity index (χ3n) is 8.68. The molecule has 3 N–H and O–H groups in total. The standard InChI is InChI=1S/C37H44ClN3O5/c1-24-5-4-6-25(2)36(24)46-20-19-45-30-13-9-27(10-14-30)31-17-18-40-33(23-42)35(31)37(44)41(29-11-12-29)22-28-21-26(7-15-32(28)38)8-16-34(43)39-3/h4-7,9-10,13-15,21,29,33,40,42H,8,11-12,16-20,22-23H2,1-3H3,(H,39,43). The molecule has 3 aromatic rings. The van der Waals surface area contributed by atoms with Gasteiger partial charge in [0.25, 0.3) is 5.91 Å². The number of aryl methyl sites for hydroxylation is 3. The van der Waals surface area contributed by atoms with Crippen molar-refractivity contribution in [3.05, 3.63) is 99.1 Å². The van der Waals surface area contributed by atoms with E-state index >= 15 is 0 Å². The fraction of sp³-hybridized carbons (Fsp3) is 0.405. The third-order valence-corrected chi connectivity index (χ3v) is 9.05. The maximum absolute atomic E-state index is 14.4. The first kappa shape index (κ1) is 33.5. The summed E-state index contributed by atoms with van der Waals surface area (Å²) >= 11 is 6.63. The molecule has 0 bridgehead atoms. The van der Waals surface area contributed by atoms with Crippen molar-refractivity contribution in [2.45, 2.75) is 64.6 Å². The lowest BCUT2D eigenvalue weighted by Crippen LogP contribution is -2.46. The van der Waals surface area contributed by atoms with Crippen molar-refractivity contribution in [1.82, 2.24) is 15.5 Å². The number of hydrogen-bond acceptors (Lipinski definition) is 6. The second kappa shape index (κ2) is 15.6. The van der Waals surface area contributed by atoms with E-state index in [-0.39, 0.29) is 24.5 Å². The van der Waals surface area contributed by atoms with Crippen molar-refractivity contribution >= 4 is 29.0 Å². The van der Waals surface area contributed by atoms with Crippen LogP contribution in [-0.4, -0.2) is 67.3 Å². The molecule has 2 amide bonds. The topological polar surface area (TPSA) is 100 Å². The van der Waals surface area contributed by atoms with E-state index in [0.29, 0.717) is 56.2 Å². The summed E-state index contributed by atoms with van der Waals surface area (Å²) in [7, 11) is 1.63. The Hall–Kier alpha value is -3.85. The number of ether oxygens (including phenoxy) is 2. The van der Waals surface area contributed by atoms with Gasteiger partial charge in [-0.2, -0.15) is 0 Å². The van der Waals surface area contributed by atoms with E-state index in [1.54, 1.807) is 7.05 Å². The van der Waals surface area contributed by atoms with Crippen LogP contribution in [0.25, 0.3) is 5.57 Å². The van der Waals surface area contributed by atoms with E-state index in [0.717, 1.165) is 57.7 Å². The highest BCUT2D eigenvalue weighted by atomic mass is 35.5. The number of aliphatic hydroxyl groups excluding tert-OH is 1. The largest absolute Gasteiger partial charge is 0.490 e. The Kier molecular flexibility index (Phi) is 11.4. The minimum absolute atomic E-state index is 0.0209. The van der Waals surface area contributed by atoms with Gasteiger partial charge in [0.15, 0.2) is 0 Å². The summed E-state index contributed by atoms with van der Waals surface area (Å²) in [5, 5.41) is 16.9. The molecular weight excluding hydrogens is 602 g/mol. The number of halogens is 1. The van der Waals surface area contributed by atoms with Gasteiger partial charge in [-0.25, -0.2) is 0 Å². The molecule has 1 unspecified atom stereocenters. The van der Waals surface area contributed by atoms with Gasteiger partial charge in [0.05, 0.1) is 12.6 Å². The molecule has 1 aliphatic carbocycles. The molecule has 0 saturated heterocycles. The summed E-state index contributed by atoms with van der Waals surface area (Å²) in [4.78, 5) is 28.1. The molecule has 0 aromatic heterocycles. The van der Waals surface area contributed by atoms with Crippen LogP contribution in [0.4, 0.5) is 0 Å². The molecule has 0 radical (unpaired) electrons. The minimum Gasteiger partial charge on any atom is -0.490 e. The highest BCUT2D eigenvalue weighted by Gasteiger charge is 2.38. The fourth-order valence-electron chi connectivity index (χ4n) is 6.01. The molecule has 244 valence electrons. The lowest BCUT2D eigenvalue weighted by atomic mass is 9.88. The van der Waals surface area contributed by atoms with Crippen LogP contribution in [-0.2, 0) is 22.6 Å². The van der Waals surface area contributed by atoms with Crippen molar-refractivity contribution in [3.8, 4) is 11.5 Å². The highest BCUT2D eigenvalue weighted by molar-refractivity contribution is 6.31. The molecule has 0 spiro atoms. The van der Waals surface area contributed by atoms with Crippen LogP contribution in [0, 0.1) is 13.8 Å². The van der Waals surface area contributed by atoms with Crippen molar-refractivity contribution in [2.75, 3.05) is 33.4 Å². The minimum atomic E-state index is -0.468. The Morgan fingerprint density at radius 2 is 1.74 bits per heavy atom. The van der Waals surface area contributed by atoms with Crippen LogP contribution >= 0.6 is 11.6 Å². The van der Waals surface area contributed by atoms with Gasteiger partial charge < -0.3 is 30.1 Å². The molecule has 5 rings (SSSR count). The quantitative estimate of drug-likeness (QED) is 0.203. The van der Waals surface area contributed by atoms with Gasteiger partial charge in [-0.05, 0) is 97.7 Å². The number of rotatable bonds is 14. The highest BCUT2D eigenvalue weighted by Crippen LogP contribution is 2.36. The number of aliphatic hydroxyl groups is 1. The summed E-state index contributed by atoms with van der Waals surface area (Å²) in [6.45, 7) is 5.75. The zero-order valence-corrected chi connectivity index (χ0v) is 27.7. The molecule has 2 aliphatic rings. The van der Waals surface area contributed by atoms with Crippen LogP contribution < -0.4 is 20.1 Å². The number of nitrogens with zero attached hydrogens (tertiary/aromatic N) is 1. The third kappa shape index (κ3) is 8.29. The van der Waals surface area contributed by atoms with Gasteiger partial charge in [-0.15, -0.1) is 0 Å². The molecule has 1 saturated carbocycles. The number of hydrogen-bond donors (Lipinski definition) is 3. The Balaban J connectivity index is 1.32. The molecule has 1 atom stereocenters. The van der Waals surface area contributed by atoms with E-state index in [9.17, 15) is 14.7 Å². The molecule has 1 aliphatic heterocycles. The first-order chi connectivity index (χ1) is 22.3. The average molecular weight is 646 g/mol. The average Bonchev–Trinajstić information content (AvgIpc) is 3.91. The van der Waals surface area contributed by atoms with Crippen LogP contribution in [0.3, 0.4) is 0 Å². The Morgan fingerprint density at radius 3 is 2.41 bits per heavy atom. The van der Waals surface area contributed by atoms with Gasteiger partial charge in [0.1, 0.15) is 24.7 Å². The predicted molar refractivity (Wildman–Crippen MR) is 181 cm³/mol. The summed E-state index contributed by atoms with van der Waals surface area (Å²) in [6, 6.07) is 19.3. The molecule has 3 aromatic carbocycles. The van der Waals surface area contributed by atoms with E-state index in [1.165, 1.54) is 0 Å². The van der Waals surface area contributed by atoms with Crippen LogP contribution in [0.5, 0.6) is 11.5 Å². The first-order valence-corrected chi connectivity index (χ1v) is 16.4. The number of carbonyl (C=O) groups is 2. The van der Waals surface area contributed by atoms with Crippen molar-refractivity contribution in [1.29, 1.82) is 0 Å². The Bertz CT molecular complexity index is 1550. The number of nitrogens with one attached hydrogen (secondary N) is 2. The lowest BCUT2D eigenvalue weighted by molar-refractivity contribution is -0.128. The van der Waals surface area contributed by atoms with Crippen molar-refractivity contribution < 1.29 is 24.2 Å². The van der Waals surface area contributed by atoms with Gasteiger partial charge in [0.2, 0.25) is 5.91 Å². The van der Waals surface area contributed by atoms with E-state index in [2.05, 4.69) is 10.6 Å². The monoisotopic (exact) mass is 645 g/mol. The van der Waals surface area contributed by atoms with E-state index < -0.39 is 6.04 Å². The molecule has 1 fully saturated rings. The van der Waals surface area contributed by atoms with E-state index in [1.807, 2.05) is 79.4 Å². The molecule has 1 heterocycles. The zero-order chi connectivity index (χ0) is 32.6. The summed E-state index contributed by atoms with van der Waals surface area (Å²) in [6.07, 6.45) is 3.49. The van der Waals surface area contributed by atoms with Gasteiger partial charge in [-0.1, -0.05) is 54.1 Å². The fourth-order valence-corrected chi connectivity index (χ4v) is 6.19. The number of benzene rings is 3. The second-order valence-electron chi connectivity index (χ2n) is 12.0. The molecule has 9 heteroatoms. The Morgan fingerprint density at radius 1 is 1.02 bits per heavy atom. The summed E-state index contributed by atoms with van der Waals surface area (Å²) in [5.41, 5.74) is 6.52. The summed E-state index contributed by atoms with van der Waals surface area (Å²) < 4.78 is 11.9. The SMILES string of the molecule is CNC(=O)CCc1ccc(Cl)c(CN(C(=O)C2=C(c3ccc(OCCOc4c(C)cccc4C)cc3)CCNC2CO)C2CC2)c1. The number of para-hydroxylation sites is 1.